The molecule has 0 radical (unpaired) electrons. The second-order valence-corrected chi connectivity index (χ2v) is 10.1. The van der Waals surface area contributed by atoms with Gasteiger partial charge in [0.2, 0.25) is 5.91 Å². The third-order valence-corrected chi connectivity index (χ3v) is 7.96. The molecule has 3 aromatic rings. The zero-order valence-corrected chi connectivity index (χ0v) is 21.1. The molecule has 0 saturated carbocycles. The first-order valence-electron chi connectivity index (χ1n) is 13.0. The van der Waals surface area contributed by atoms with Gasteiger partial charge >= 0.3 is 0 Å². The molecule has 186 valence electrons. The maximum absolute atomic E-state index is 13.9. The molecule has 2 fully saturated rings. The van der Waals surface area contributed by atoms with Gasteiger partial charge in [0, 0.05) is 43.1 Å². The third-order valence-electron chi connectivity index (χ3n) is 7.96. The molecule has 36 heavy (non-hydrogen) atoms. The van der Waals surface area contributed by atoms with Gasteiger partial charge < -0.3 is 15.1 Å². The highest BCUT2D eigenvalue weighted by atomic mass is 16.2. The van der Waals surface area contributed by atoms with E-state index in [2.05, 4.69) is 48.6 Å². The van der Waals surface area contributed by atoms with E-state index in [0.717, 1.165) is 18.5 Å². The van der Waals surface area contributed by atoms with Crippen molar-refractivity contribution in [2.24, 2.45) is 0 Å². The van der Waals surface area contributed by atoms with E-state index < -0.39 is 6.04 Å². The normalized spacial score (nSPS) is 22.6. The maximum Gasteiger partial charge on any atom is 0.254 e. The number of hydrogen-bond acceptors (Lipinski definition) is 3. The van der Waals surface area contributed by atoms with E-state index in [1.807, 2.05) is 65.4 Å². The van der Waals surface area contributed by atoms with Crippen molar-refractivity contribution in [3.63, 3.8) is 0 Å². The lowest BCUT2D eigenvalue weighted by Crippen LogP contribution is -2.47. The van der Waals surface area contributed by atoms with Crippen LogP contribution in [0.15, 0.2) is 84.9 Å². The van der Waals surface area contributed by atoms with Crippen LogP contribution in [0.3, 0.4) is 0 Å². The Morgan fingerprint density at radius 1 is 0.861 bits per heavy atom. The summed E-state index contributed by atoms with van der Waals surface area (Å²) in [4.78, 5) is 31.5. The largest absolute Gasteiger partial charge is 0.340 e. The summed E-state index contributed by atoms with van der Waals surface area (Å²) in [6, 6.07) is 28.2. The molecule has 2 unspecified atom stereocenters. The second-order valence-electron chi connectivity index (χ2n) is 10.1. The first-order valence-corrected chi connectivity index (χ1v) is 13.0. The maximum atomic E-state index is 13.9. The Labute approximate surface area is 214 Å². The highest BCUT2D eigenvalue weighted by Gasteiger charge is 2.43. The van der Waals surface area contributed by atoms with Crippen LogP contribution in [-0.4, -0.2) is 54.3 Å². The Bertz CT molecular complexity index is 1200. The number of amides is 2. The summed E-state index contributed by atoms with van der Waals surface area (Å²) in [7, 11) is 1.91. The molecule has 2 aliphatic heterocycles. The molecule has 2 heterocycles. The number of nitrogens with zero attached hydrogens (tertiary/aromatic N) is 2. The van der Waals surface area contributed by atoms with E-state index in [9.17, 15) is 9.59 Å². The molecule has 0 spiro atoms. The lowest BCUT2D eigenvalue weighted by molar-refractivity contribution is -0.134. The number of likely N-dealkylation sites (tertiary alicyclic amines) is 2. The van der Waals surface area contributed by atoms with Crippen molar-refractivity contribution in [2.45, 2.75) is 43.7 Å². The van der Waals surface area contributed by atoms with Gasteiger partial charge in [-0.15, -0.1) is 0 Å². The summed E-state index contributed by atoms with van der Waals surface area (Å²) in [6.45, 7) is 4.09. The van der Waals surface area contributed by atoms with Crippen LogP contribution in [0.5, 0.6) is 0 Å². The quantitative estimate of drug-likeness (QED) is 0.540. The van der Waals surface area contributed by atoms with E-state index in [4.69, 9.17) is 0 Å². The summed E-state index contributed by atoms with van der Waals surface area (Å²) < 4.78 is 0. The third kappa shape index (κ3) is 4.93. The van der Waals surface area contributed by atoms with E-state index in [1.54, 1.807) is 0 Å². The van der Waals surface area contributed by atoms with Gasteiger partial charge in [0.05, 0.1) is 0 Å². The number of benzene rings is 3. The number of carbonyl (C=O) groups excluding carboxylic acids is 2. The van der Waals surface area contributed by atoms with Gasteiger partial charge in [0.25, 0.3) is 5.91 Å². The van der Waals surface area contributed by atoms with Gasteiger partial charge in [-0.2, -0.15) is 0 Å². The SMILES string of the molecule is CNC(C)c1cccc(C(=O)N2C[C@@H](c3ccccc3)C[C@H]2C(=O)N2CCC(c3ccccc3)C2)c1. The summed E-state index contributed by atoms with van der Waals surface area (Å²) in [6.07, 6.45) is 1.62. The first kappa shape index (κ1) is 24.3. The molecule has 2 aliphatic rings. The van der Waals surface area contributed by atoms with E-state index in [0.29, 0.717) is 31.0 Å². The van der Waals surface area contributed by atoms with E-state index in [1.165, 1.54) is 11.1 Å². The summed E-state index contributed by atoms with van der Waals surface area (Å²) in [5.41, 5.74) is 4.18. The van der Waals surface area contributed by atoms with E-state index >= 15 is 0 Å². The van der Waals surface area contributed by atoms with Crippen LogP contribution in [0.25, 0.3) is 0 Å². The fourth-order valence-electron chi connectivity index (χ4n) is 5.70. The van der Waals surface area contributed by atoms with Crippen molar-refractivity contribution >= 4 is 11.8 Å². The van der Waals surface area contributed by atoms with Crippen LogP contribution in [0.1, 0.15) is 64.7 Å². The van der Waals surface area contributed by atoms with Crippen molar-refractivity contribution in [3.05, 3.63) is 107 Å². The standard InChI is InChI=1S/C31H35N3O2/c1-22(32-2)25-14-9-15-26(18-25)30(35)34-21-28(24-12-7-4-8-13-24)19-29(34)31(36)33-17-16-27(20-33)23-10-5-3-6-11-23/h3-15,18,22,27-29,32H,16-17,19-21H2,1-2H3/t22?,27?,28-,29-/m0/s1. The highest BCUT2D eigenvalue weighted by Crippen LogP contribution is 2.36. The number of nitrogens with one attached hydrogen (secondary N) is 1. The predicted molar refractivity (Wildman–Crippen MR) is 143 cm³/mol. The molecule has 0 bridgehead atoms. The van der Waals surface area contributed by atoms with Crippen LogP contribution in [0.4, 0.5) is 0 Å². The minimum atomic E-state index is -0.442. The van der Waals surface area contributed by atoms with Gasteiger partial charge in [0.1, 0.15) is 6.04 Å². The zero-order chi connectivity index (χ0) is 25.1. The van der Waals surface area contributed by atoms with Gasteiger partial charge in [-0.3, -0.25) is 9.59 Å². The van der Waals surface area contributed by atoms with Crippen LogP contribution >= 0.6 is 0 Å². The molecule has 2 saturated heterocycles. The molecule has 2 amide bonds. The highest BCUT2D eigenvalue weighted by molar-refractivity contribution is 5.98. The second kappa shape index (κ2) is 10.7. The Kier molecular flexibility index (Phi) is 7.19. The molecule has 5 nitrogen and oxygen atoms in total. The molecular formula is C31H35N3O2. The molecule has 0 aliphatic carbocycles. The first-order chi connectivity index (χ1) is 17.5. The topological polar surface area (TPSA) is 52.7 Å². The van der Waals surface area contributed by atoms with Crippen molar-refractivity contribution in [2.75, 3.05) is 26.7 Å². The van der Waals surface area contributed by atoms with Gasteiger partial charge in [0.15, 0.2) is 0 Å². The summed E-state index contributed by atoms with van der Waals surface area (Å²) >= 11 is 0. The Hall–Kier alpha value is -3.44. The van der Waals surface area contributed by atoms with E-state index in [-0.39, 0.29) is 23.8 Å². The fourth-order valence-corrected chi connectivity index (χ4v) is 5.70. The zero-order valence-electron chi connectivity index (χ0n) is 21.1. The Morgan fingerprint density at radius 3 is 2.19 bits per heavy atom. The molecule has 1 N–H and O–H groups in total. The molecule has 5 rings (SSSR count). The average Bonchev–Trinajstić information content (AvgIpc) is 3.61. The Morgan fingerprint density at radius 2 is 1.53 bits per heavy atom. The van der Waals surface area contributed by atoms with Gasteiger partial charge in [-0.05, 0) is 55.6 Å². The fraction of sp³-hybridized carbons (Fsp3) is 0.355. The molecule has 3 aromatic carbocycles. The van der Waals surface area contributed by atoms with Crippen molar-refractivity contribution in [1.82, 2.24) is 15.1 Å². The lowest BCUT2D eigenvalue weighted by Gasteiger charge is -2.28. The monoisotopic (exact) mass is 481 g/mol. The van der Waals surface area contributed by atoms with Crippen LogP contribution < -0.4 is 5.32 Å². The van der Waals surface area contributed by atoms with Crippen LogP contribution in [0.2, 0.25) is 0 Å². The van der Waals surface area contributed by atoms with Crippen molar-refractivity contribution < 1.29 is 9.59 Å². The summed E-state index contributed by atoms with van der Waals surface area (Å²) in [5.74, 6) is 0.525. The van der Waals surface area contributed by atoms with Gasteiger partial charge in [-0.25, -0.2) is 0 Å². The molecular weight excluding hydrogens is 446 g/mol. The smallest absolute Gasteiger partial charge is 0.254 e. The lowest BCUT2D eigenvalue weighted by atomic mass is 9.96. The van der Waals surface area contributed by atoms with Crippen LogP contribution in [-0.2, 0) is 4.79 Å². The number of carbonyl (C=O) groups is 2. The molecule has 0 aromatic heterocycles. The van der Waals surface area contributed by atoms with Crippen molar-refractivity contribution in [3.8, 4) is 0 Å². The predicted octanol–water partition coefficient (Wildman–Crippen LogP) is 4.98. The Balaban J connectivity index is 1.39. The summed E-state index contributed by atoms with van der Waals surface area (Å²) in [5, 5.41) is 3.24. The number of rotatable bonds is 6. The minimum Gasteiger partial charge on any atom is -0.340 e. The molecule has 4 atom stereocenters. The minimum absolute atomic E-state index is 0.0595. The molecule has 5 heteroatoms. The van der Waals surface area contributed by atoms with Gasteiger partial charge in [-0.1, -0.05) is 72.8 Å². The average molecular weight is 482 g/mol. The van der Waals surface area contributed by atoms with Crippen molar-refractivity contribution in [1.29, 1.82) is 0 Å². The number of hydrogen-bond donors (Lipinski definition) is 1. The van der Waals surface area contributed by atoms with Crippen LogP contribution in [0, 0.1) is 0 Å².